The summed E-state index contributed by atoms with van der Waals surface area (Å²) in [4.78, 5) is 11.8. The Labute approximate surface area is 134 Å². The van der Waals surface area contributed by atoms with Gasteiger partial charge in [-0.05, 0) is 40.8 Å². The molecular weight excluding hydrogens is 393 g/mol. The van der Waals surface area contributed by atoms with E-state index in [4.69, 9.17) is 27.3 Å². The van der Waals surface area contributed by atoms with Gasteiger partial charge < -0.3 is 15.0 Å². The van der Waals surface area contributed by atoms with Gasteiger partial charge in [0.25, 0.3) is 0 Å². The van der Waals surface area contributed by atoms with Crippen molar-refractivity contribution in [3.05, 3.63) is 44.2 Å². The van der Waals surface area contributed by atoms with E-state index in [2.05, 4.69) is 22.6 Å². The molecular formula is C13H9ClIN3O2. The Morgan fingerprint density at radius 3 is 2.80 bits per heavy atom. The van der Waals surface area contributed by atoms with Crippen molar-refractivity contribution >= 4 is 45.8 Å². The van der Waals surface area contributed by atoms with Crippen molar-refractivity contribution in [1.29, 1.82) is 5.26 Å². The number of esters is 1. The number of carbonyl (C=O) groups excluding carboxylic acids is 1. The molecule has 0 unspecified atom stereocenters. The largest absolute Gasteiger partial charge is 0.464 e. The van der Waals surface area contributed by atoms with Crippen molar-refractivity contribution < 1.29 is 9.53 Å². The molecule has 0 aliphatic heterocycles. The van der Waals surface area contributed by atoms with Crippen LogP contribution in [-0.4, -0.2) is 17.6 Å². The number of nitrogens with two attached hydrogens (primary N) is 1. The Morgan fingerprint density at radius 2 is 2.25 bits per heavy atom. The van der Waals surface area contributed by atoms with Gasteiger partial charge in [-0.25, -0.2) is 4.79 Å². The smallest absolute Gasteiger partial charge is 0.357 e. The number of rotatable bonds is 2. The maximum Gasteiger partial charge on any atom is 0.357 e. The van der Waals surface area contributed by atoms with E-state index in [-0.39, 0.29) is 16.9 Å². The van der Waals surface area contributed by atoms with E-state index in [9.17, 15) is 4.79 Å². The zero-order valence-electron chi connectivity index (χ0n) is 10.4. The molecule has 0 radical (unpaired) electrons. The Hall–Kier alpha value is -1.72. The Morgan fingerprint density at radius 1 is 1.55 bits per heavy atom. The molecule has 1 aromatic carbocycles. The van der Waals surface area contributed by atoms with E-state index >= 15 is 0 Å². The lowest BCUT2D eigenvalue weighted by Crippen LogP contribution is -2.11. The summed E-state index contributed by atoms with van der Waals surface area (Å²) in [6.07, 6.45) is 1.49. The number of nitriles is 1. The fourth-order valence-electron chi connectivity index (χ4n) is 1.75. The summed E-state index contributed by atoms with van der Waals surface area (Å²) in [7, 11) is 1.26. The van der Waals surface area contributed by atoms with Crippen LogP contribution in [0.25, 0.3) is 5.69 Å². The van der Waals surface area contributed by atoms with Crippen molar-refractivity contribution in [2.24, 2.45) is 0 Å². The molecule has 20 heavy (non-hydrogen) atoms. The minimum atomic E-state index is -0.612. The molecule has 1 heterocycles. The van der Waals surface area contributed by atoms with Gasteiger partial charge in [-0.15, -0.1) is 0 Å². The first-order valence-electron chi connectivity index (χ1n) is 5.44. The molecule has 102 valence electrons. The Balaban J connectivity index is 2.70. The molecule has 0 spiro atoms. The molecule has 7 heteroatoms. The first-order valence-corrected chi connectivity index (χ1v) is 6.90. The van der Waals surface area contributed by atoms with Gasteiger partial charge in [-0.1, -0.05) is 11.6 Å². The van der Waals surface area contributed by atoms with Crippen LogP contribution in [0.1, 0.15) is 16.1 Å². The number of halogens is 2. The highest BCUT2D eigenvalue weighted by molar-refractivity contribution is 14.1. The van der Waals surface area contributed by atoms with E-state index in [0.29, 0.717) is 10.7 Å². The van der Waals surface area contributed by atoms with Crippen LogP contribution in [0.15, 0.2) is 24.4 Å². The number of carbonyl (C=O) groups is 1. The van der Waals surface area contributed by atoms with Crippen molar-refractivity contribution in [3.63, 3.8) is 0 Å². The minimum Gasteiger partial charge on any atom is -0.464 e. The second-order valence-electron chi connectivity index (χ2n) is 3.88. The number of aromatic nitrogens is 1. The highest BCUT2D eigenvalue weighted by atomic mass is 127. The van der Waals surface area contributed by atoms with E-state index < -0.39 is 5.97 Å². The maximum absolute atomic E-state index is 11.8. The second kappa shape index (κ2) is 5.73. The quantitative estimate of drug-likeness (QED) is 0.620. The van der Waals surface area contributed by atoms with Gasteiger partial charge in [0.15, 0.2) is 5.69 Å². The molecule has 0 aliphatic rings. The molecule has 0 bridgehead atoms. The molecule has 2 N–H and O–H groups in total. The summed E-state index contributed by atoms with van der Waals surface area (Å²) >= 11 is 8.18. The number of nitrogens with zero attached hydrogens (tertiary/aromatic N) is 2. The van der Waals surface area contributed by atoms with E-state index in [1.807, 2.05) is 12.1 Å². The molecule has 0 atom stereocenters. The third-order valence-corrected chi connectivity index (χ3v) is 4.30. The second-order valence-corrected chi connectivity index (χ2v) is 5.45. The summed E-state index contributed by atoms with van der Waals surface area (Å²) in [5.74, 6) is -0.612. The summed E-state index contributed by atoms with van der Waals surface area (Å²) in [5.41, 5.74) is 6.86. The first kappa shape index (κ1) is 14.7. The van der Waals surface area contributed by atoms with Crippen molar-refractivity contribution in [2.75, 3.05) is 12.8 Å². The first-order chi connectivity index (χ1) is 9.49. The lowest BCUT2D eigenvalue weighted by atomic mass is 10.2. The van der Waals surface area contributed by atoms with E-state index in [1.54, 1.807) is 12.1 Å². The zero-order valence-corrected chi connectivity index (χ0v) is 13.3. The van der Waals surface area contributed by atoms with Crippen LogP contribution in [0, 0.1) is 14.9 Å². The number of anilines is 1. The molecule has 0 saturated carbocycles. The SMILES string of the molecule is COC(=O)c1c(N)c(C#N)cn1-c1ccc(I)c(Cl)c1. The van der Waals surface area contributed by atoms with Crippen molar-refractivity contribution in [3.8, 4) is 11.8 Å². The van der Waals surface area contributed by atoms with Crippen LogP contribution in [0.3, 0.4) is 0 Å². The van der Waals surface area contributed by atoms with Gasteiger partial charge in [0.1, 0.15) is 6.07 Å². The van der Waals surface area contributed by atoms with Crippen LogP contribution in [0.5, 0.6) is 0 Å². The normalized spacial score (nSPS) is 10.1. The lowest BCUT2D eigenvalue weighted by Gasteiger charge is -2.09. The zero-order chi connectivity index (χ0) is 14.9. The monoisotopic (exact) mass is 401 g/mol. The highest BCUT2D eigenvalue weighted by Gasteiger charge is 2.21. The number of hydrogen-bond donors (Lipinski definition) is 1. The molecule has 0 amide bonds. The van der Waals surface area contributed by atoms with Gasteiger partial charge in [0.05, 0.1) is 23.4 Å². The summed E-state index contributed by atoms with van der Waals surface area (Å²) in [6, 6.07) is 7.22. The molecule has 1 aromatic heterocycles. The Bertz CT molecular complexity index is 734. The molecule has 0 aliphatic carbocycles. The van der Waals surface area contributed by atoms with Crippen molar-refractivity contribution in [1.82, 2.24) is 4.57 Å². The topological polar surface area (TPSA) is 81.0 Å². The summed E-state index contributed by atoms with van der Waals surface area (Å²) < 4.78 is 7.09. The third kappa shape index (κ3) is 2.46. The Kier molecular flexibility index (Phi) is 4.20. The fourth-order valence-corrected chi connectivity index (χ4v) is 2.26. The summed E-state index contributed by atoms with van der Waals surface area (Å²) in [5, 5.41) is 9.58. The fraction of sp³-hybridized carbons (Fsp3) is 0.0769. The van der Waals surface area contributed by atoms with Gasteiger partial charge >= 0.3 is 5.97 Å². The molecule has 5 nitrogen and oxygen atoms in total. The van der Waals surface area contributed by atoms with Gasteiger partial charge in [-0.2, -0.15) is 5.26 Å². The average Bonchev–Trinajstić information content (AvgIpc) is 2.78. The van der Waals surface area contributed by atoms with Crippen LogP contribution >= 0.6 is 34.2 Å². The molecule has 0 saturated heterocycles. The average molecular weight is 402 g/mol. The highest BCUT2D eigenvalue weighted by Crippen LogP contribution is 2.27. The number of hydrogen-bond acceptors (Lipinski definition) is 4. The maximum atomic E-state index is 11.8. The molecule has 2 rings (SSSR count). The summed E-state index contributed by atoms with van der Waals surface area (Å²) in [6.45, 7) is 0. The van der Waals surface area contributed by atoms with Crippen LogP contribution in [0.2, 0.25) is 5.02 Å². The number of methoxy groups -OCH3 is 1. The van der Waals surface area contributed by atoms with E-state index in [0.717, 1.165) is 3.57 Å². The number of benzene rings is 1. The number of nitrogen functional groups attached to an aromatic ring is 1. The van der Waals surface area contributed by atoms with Gasteiger partial charge in [0, 0.05) is 15.5 Å². The van der Waals surface area contributed by atoms with Crippen LogP contribution in [0.4, 0.5) is 5.69 Å². The predicted molar refractivity (Wildman–Crippen MR) is 84.0 cm³/mol. The van der Waals surface area contributed by atoms with E-state index in [1.165, 1.54) is 17.9 Å². The molecule has 2 aromatic rings. The molecule has 0 fully saturated rings. The van der Waals surface area contributed by atoms with Crippen LogP contribution < -0.4 is 5.73 Å². The van der Waals surface area contributed by atoms with Crippen LogP contribution in [-0.2, 0) is 4.74 Å². The minimum absolute atomic E-state index is 0.0917. The van der Waals surface area contributed by atoms with Gasteiger partial charge in [0.2, 0.25) is 0 Å². The standard InChI is InChI=1S/C13H9ClIN3O2/c1-20-13(19)12-11(17)7(5-16)6-18(12)8-2-3-10(15)9(14)4-8/h2-4,6H,17H2,1H3. The number of ether oxygens (including phenoxy) is 1. The lowest BCUT2D eigenvalue weighted by molar-refractivity contribution is 0.0593. The van der Waals surface area contributed by atoms with Crippen molar-refractivity contribution in [2.45, 2.75) is 0 Å². The predicted octanol–water partition coefficient (Wildman–Crippen LogP) is 2.98. The van der Waals surface area contributed by atoms with Gasteiger partial charge in [-0.3, -0.25) is 0 Å². The third-order valence-electron chi connectivity index (χ3n) is 2.72.